The van der Waals surface area contributed by atoms with Gasteiger partial charge >= 0.3 is 0 Å². The molecule has 1 saturated carbocycles. The van der Waals surface area contributed by atoms with E-state index in [4.69, 9.17) is 4.74 Å². The Labute approximate surface area is 178 Å². The van der Waals surface area contributed by atoms with Crippen molar-refractivity contribution in [2.24, 2.45) is 0 Å². The van der Waals surface area contributed by atoms with Crippen LogP contribution in [0.15, 0.2) is 42.7 Å². The van der Waals surface area contributed by atoms with Crippen molar-refractivity contribution in [3.05, 3.63) is 48.3 Å². The Bertz CT molecular complexity index is 797. The average molecular weight is 419 g/mol. The zero-order valence-corrected chi connectivity index (χ0v) is 17.8. The van der Waals surface area contributed by atoms with Crippen LogP contribution < -0.4 is 15.4 Å². The first kappa shape index (κ1) is 21.7. The number of carbonyl (C=O) groups is 1. The molecule has 2 heterocycles. The number of para-hydroxylation sites is 1. The lowest BCUT2D eigenvalue weighted by atomic mass is 9.77. The van der Waals surface area contributed by atoms with Crippen LogP contribution in [0, 0.1) is 0 Å². The predicted octanol–water partition coefficient (Wildman–Crippen LogP) is 3.02. The van der Waals surface area contributed by atoms with Gasteiger partial charge in [-0.2, -0.15) is 5.10 Å². The molecular weight excluding hydrogens is 388 g/mol. The summed E-state index contributed by atoms with van der Waals surface area (Å²) < 4.78 is 7.50. The molecule has 1 aliphatic heterocycles. The molecule has 29 heavy (non-hydrogen) atoms. The van der Waals surface area contributed by atoms with Gasteiger partial charge in [-0.05, 0) is 50.9 Å². The Balaban J connectivity index is 0.00000240. The number of hydrogen-bond donors (Lipinski definition) is 2. The molecule has 6 nitrogen and oxygen atoms in total. The molecule has 1 aliphatic carbocycles. The van der Waals surface area contributed by atoms with E-state index in [0.717, 1.165) is 44.5 Å². The van der Waals surface area contributed by atoms with Crippen LogP contribution in [0.2, 0.25) is 0 Å². The van der Waals surface area contributed by atoms with Crippen LogP contribution in [0.3, 0.4) is 0 Å². The minimum atomic E-state index is -0.602. The Kier molecular flexibility index (Phi) is 6.85. The molecule has 0 spiro atoms. The first-order valence-electron chi connectivity index (χ1n) is 10.3. The molecule has 2 N–H and O–H groups in total. The van der Waals surface area contributed by atoms with Gasteiger partial charge in [0.25, 0.3) is 0 Å². The summed E-state index contributed by atoms with van der Waals surface area (Å²) in [7, 11) is 1.72. The van der Waals surface area contributed by atoms with Gasteiger partial charge in [0, 0.05) is 29.9 Å². The fraction of sp³-hybridized carbons (Fsp3) is 0.545. The lowest BCUT2D eigenvalue weighted by Gasteiger charge is -2.38. The van der Waals surface area contributed by atoms with Crippen LogP contribution in [-0.2, 0) is 15.7 Å². The summed E-state index contributed by atoms with van der Waals surface area (Å²) in [6.07, 6.45) is 9.68. The van der Waals surface area contributed by atoms with Crippen LogP contribution in [-0.4, -0.2) is 42.4 Å². The molecule has 0 unspecified atom stereocenters. The van der Waals surface area contributed by atoms with E-state index in [1.807, 2.05) is 29.1 Å². The van der Waals surface area contributed by atoms with Gasteiger partial charge in [0.15, 0.2) is 0 Å². The Morgan fingerprint density at radius 1 is 1.17 bits per heavy atom. The standard InChI is InChI=1S/C22H30N4O2.ClH/c1-28-19-8-3-2-7-18(19)21(9-4-5-10-21)17-24-20(27)22(11-14-23-15-12-22)26-16-6-13-25-26;/h2-3,6-8,13,16,23H,4-5,9-12,14-15,17H2,1H3,(H,24,27);1H. The number of amides is 1. The predicted molar refractivity (Wildman–Crippen MR) is 116 cm³/mol. The molecule has 1 aromatic carbocycles. The minimum Gasteiger partial charge on any atom is -0.496 e. The van der Waals surface area contributed by atoms with Gasteiger partial charge in [0.2, 0.25) is 5.91 Å². The lowest BCUT2D eigenvalue weighted by Crippen LogP contribution is -2.56. The van der Waals surface area contributed by atoms with Crippen LogP contribution in [0.4, 0.5) is 0 Å². The van der Waals surface area contributed by atoms with E-state index in [2.05, 4.69) is 27.9 Å². The number of piperidine rings is 1. The third kappa shape index (κ3) is 4.01. The number of nitrogens with zero attached hydrogens (tertiary/aromatic N) is 2. The van der Waals surface area contributed by atoms with Crippen molar-refractivity contribution in [3.63, 3.8) is 0 Å². The summed E-state index contributed by atoms with van der Waals surface area (Å²) in [4.78, 5) is 13.5. The summed E-state index contributed by atoms with van der Waals surface area (Å²) in [6.45, 7) is 2.29. The molecule has 2 fully saturated rings. The monoisotopic (exact) mass is 418 g/mol. The molecule has 158 valence electrons. The van der Waals surface area contributed by atoms with Crippen molar-refractivity contribution in [1.29, 1.82) is 0 Å². The number of methoxy groups -OCH3 is 1. The maximum atomic E-state index is 13.5. The number of carbonyl (C=O) groups excluding carboxylic acids is 1. The normalized spacial score (nSPS) is 19.9. The molecule has 1 saturated heterocycles. The van der Waals surface area contributed by atoms with Crippen molar-refractivity contribution in [3.8, 4) is 5.75 Å². The quantitative estimate of drug-likeness (QED) is 0.756. The fourth-order valence-corrected chi connectivity index (χ4v) is 5.01. The molecule has 2 aliphatic rings. The van der Waals surface area contributed by atoms with Gasteiger partial charge in [-0.1, -0.05) is 31.0 Å². The van der Waals surface area contributed by atoms with Gasteiger partial charge < -0.3 is 15.4 Å². The van der Waals surface area contributed by atoms with Crippen molar-refractivity contribution in [2.45, 2.75) is 49.5 Å². The summed E-state index contributed by atoms with van der Waals surface area (Å²) >= 11 is 0. The zero-order valence-electron chi connectivity index (χ0n) is 17.0. The maximum Gasteiger partial charge on any atom is 0.248 e. The number of benzene rings is 1. The second-order valence-corrected chi connectivity index (χ2v) is 8.10. The van der Waals surface area contributed by atoms with Gasteiger partial charge in [-0.3, -0.25) is 9.48 Å². The van der Waals surface area contributed by atoms with Crippen molar-refractivity contribution < 1.29 is 9.53 Å². The summed E-state index contributed by atoms with van der Waals surface area (Å²) in [6, 6.07) is 10.1. The highest BCUT2D eigenvalue weighted by Gasteiger charge is 2.44. The largest absolute Gasteiger partial charge is 0.496 e. The Morgan fingerprint density at radius 3 is 2.55 bits per heavy atom. The summed E-state index contributed by atoms with van der Waals surface area (Å²) in [5, 5.41) is 11.1. The third-order valence-electron chi connectivity index (χ3n) is 6.62. The minimum absolute atomic E-state index is 0. The van der Waals surface area contributed by atoms with E-state index in [1.54, 1.807) is 13.3 Å². The van der Waals surface area contributed by atoms with Gasteiger partial charge in [0.05, 0.1) is 7.11 Å². The van der Waals surface area contributed by atoms with E-state index in [1.165, 1.54) is 18.4 Å². The molecule has 0 atom stereocenters. The molecular formula is C22H31ClN4O2. The highest BCUT2D eigenvalue weighted by Crippen LogP contribution is 2.44. The molecule has 2 aromatic rings. The highest BCUT2D eigenvalue weighted by molar-refractivity contribution is 5.85. The van der Waals surface area contributed by atoms with E-state index < -0.39 is 5.54 Å². The van der Waals surface area contributed by atoms with E-state index in [9.17, 15) is 4.79 Å². The molecule has 4 rings (SSSR count). The Morgan fingerprint density at radius 2 is 1.90 bits per heavy atom. The number of aromatic nitrogens is 2. The molecule has 0 radical (unpaired) electrons. The molecule has 0 bridgehead atoms. The summed E-state index contributed by atoms with van der Waals surface area (Å²) in [5.41, 5.74) is 0.559. The number of ether oxygens (including phenoxy) is 1. The second-order valence-electron chi connectivity index (χ2n) is 8.10. The Hall–Kier alpha value is -2.05. The number of nitrogens with one attached hydrogen (secondary N) is 2. The van der Waals surface area contributed by atoms with Gasteiger partial charge in [-0.25, -0.2) is 0 Å². The maximum absolute atomic E-state index is 13.5. The smallest absolute Gasteiger partial charge is 0.248 e. The third-order valence-corrected chi connectivity index (χ3v) is 6.62. The van der Waals surface area contributed by atoms with Crippen LogP contribution >= 0.6 is 12.4 Å². The fourth-order valence-electron chi connectivity index (χ4n) is 5.01. The zero-order chi connectivity index (χ0) is 19.5. The summed E-state index contributed by atoms with van der Waals surface area (Å²) in [5.74, 6) is 1.00. The van der Waals surface area contributed by atoms with E-state index in [0.29, 0.717) is 6.54 Å². The lowest BCUT2D eigenvalue weighted by molar-refractivity contribution is -0.132. The number of halogens is 1. The van der Waals surface area contributed by atoms with Crippen LogP contribution in [0.1, 0.15) is 44.1 Å². The average Bonchev–Trinajstić information content (AvgIpc) is 3.45. The van der Waals surface area contributed by atoms with Crippen molar-refractivity contribution in [1.82, 2.24) is 20.4 Å². The van der Waals surface area contributed by atoms with E-state index >= 15 is 0 Å². The van der Waals surface area contributed by atoms with Crippen LogP contribution in [0.5, 0.6) is 5.75 Å². The molecule has 7 heteroatoms. The number of rotatable bonds is 6. The SMILES string of the molecule is COc1ccccc1C1(CNC(=O)C2(n3cccn3)CCNCC2)CCCC1.Cl. The van der Waals surface area contributed by atoms with Crippen LogP contribution in [0.25, 0.3) is 0 Å². The molecule has 1 amide bonds. The number of hydrogen-bond acceptors (Lipinski definition) is 4. The molecule has 1 aromatic heterocycles. The second kappa shape index (κ2) is 9.18. The van der Waals surface area contributed by atoms with Gasteiger partial charge in [0.1, 0.15) is 11.3 Å². The topological polar surface area (TPSA) is 68.2 Å². The van der Waals surface area contributed by atoms with E-state index in [-0.39, 0.29) is 23.7 Å². The first-order chi connectivity index (χ1) is 13.7. The first-order valence-corrected chi connectivity index (χ1v) is 10.3. The van der Waals surface area contributed by atoms with Crippen molar-refractivity contribution in [2.75, 3.05) is 26.7 Å². The van der Waals surface area contributed by atoms with Crippen molar-refractivity contribution >= 4 is 18.3 Å². The van der Waals surface area contributed by atoms with Gasteiger partial charge in [-0.15, -0.1) is 12.4 Å². The highest BCUT2D eigenvalue weighted by atomic mass is 35.5.